The zero-order chi connectivity index (χ0) is 11.3. The molecule has 1 saturated heterocycles. The van der Waals surface area contributed by atoms with E-state index in [2.05, 4.69) is 20.8 Å². The van der Waals surface area contributed by atoms with Crippen LogP contribution in [0.4, 0.5) is 0 Å². The van der Waals surface area contributed by atoms with Gasteiger partial charge in [0.05, 0.1) is 12.2 Å². The van der Waals surface area contributed by atoms with E-state index in [1.165, 1.54) is 12.8 Å². The van der Waals surface area contributed by atoms with Crippen molar-refractivity contribution in [1.82, 2.24) is 0 Å². The summed E-state index contributed by atoms with van der Waals surface area (Å²) in [5, 5.41) is 9.92. The highest BCUT2D eigenvalue weighted by Crippen LogP contribution is 2.22. The summed E-state index contributed by atoms with van der Waals surface area (Å²) in [6.45, 7) is 7.43. The van der Waals surface area contributed by atoms with Crippen LogP contribution < -0.4 is 0 Å². The summed E-state index contributed by atoms with van der Waals surface area (Å²) < 4.78 is 5.56. The van der Waals surface area contributed by atoms with Crippen molar-refractivity contribution < 1.29 is 9.84 Å². The topological polar surface area (TPSA) is 29.5 Å². The van der Waals surface area contributed by atoms with Crippen LogP contribution in [0, 0.1) is 11.8 Å². The first-order valence-corrected chi connectivity index (χ1v) is 6.41. The van der Waals surface area contributed by atoms with Gasteiger partial charge in [0.1, 0.15) is 0 Å². The van der Waals surface area contributed by atoms with Crippen molar-refractivity contribution in [3.05, 3.63) is 0 Å². The number of rotatable bonds is 6. The van der Waals surface area contributed by atoms with Crippen LogP contribution in [-0.2, 0) is 4.74 Å². The molecule has 0 aliphatic carbocycles. The minimum atomic E-state index is -0.133. The standard InChI is InChI=1S/C13H26O2/c1-10(2)11(3)13(14)8-4-6-12-7-5-9-15-12/h10-14H,4-9H2,1-3H3. The second-order valence-electron chi connectivity index (χ2n) is 5.24. The van der Waals surface area contributed by atoms with Crippen molar-refractivity contribution >= 4 is 0 Å². The molecule has 0 radical (unpaired) electrons. The van der Waals surface area contributed by atoms with E-state index in [4.69, 9.17) is 4.74 Å². The van der Waals surface area contributed by atoms with E-state index in [9.17, 15) is 5.11 Å². The maximum absolute atomic E-state index is 9.92. The van der Waals surface area contributed by atoms with Crippen LogP contribution in [0.25, 0.3) is 0 Å². The third-order valence-corrected chi connectivity index (χ3v) is 3.71. The maximum atomic E-state index is 9.92. The molecule has 0 saturated carbocycles. The molecule has 1 N–H and O–H groups in total. The van der Waals surface area contributed by atoms with Gasteiger partial charge in [0.25, 0.3) is 0 Å². The molecule has 0 aromatic heterocycles. The van der Waals surface area contributed by atoms with Gasteiger partial charge in [-0.2, -0.15) is 0 Å². The molecule has 1 rings (SSSR count). The van der Waals surface area contributed by atoms with E-state index in [1.807, 2.05) is 0 Å². The largest absolute Gasteiger partial charge is 0.393 e. The molecule has 1 heterocycles. The minimum absolute atomic E-state index is 0.133. The van der Waals surface area contributed by atoms with Crippen LogP contribution in [0.15, 0.2) is 0 Å². The molecular formula is C13H26O2. The van der Waals surface area contributed by atoms with Crippen molar-refractivity contribution in [1.29, 1.82) is 0 Å². The second-order valence-corrected chi connectivity index (χ2v) is 5.24. The van der Waals surface area contributed by atoms with Crippen molar-refractivity contribution in [3.8, 4) is 0 Å². The van der Waals surface area contributed by atoms with Crippen LogP contribution in [-0.4, -0.2) is 23.9 Å². The van der Waals surface area contributed by atoms with Gasteiger partial charge in [-0.15, -0.1) is 0 Å². The Balaban J connectivity index is 2.08. The summed E-state index contributed by atoms with van der Waals surface area (Å²) in [7, 11) is 0. The van der Waals surface area contributed by atoms with Gasteiger partial charge in [-0.3, -0.25) is 0 Å². The van der Waals surface area contributed by atoms with Crippen LogP contribution in [0.1, 0.15) is 52.9 Å². The summed E-state index contributed by atoms with van der Waals surface area (Å²) in [6, 6.07) is 0. The van der Waals surface area contributed by atoms with E-state index in [0.717, 1.165) is 25.9 Å². The van der Waals surface area contributed by atoms with Gasteiger partial charge in [0, 0.05) is 6.61 Å². The van der Waals surface area contributed by atoms with E-state index in [0.29, 0.717) is 17.9 Å². The van der Waals surface area contributed by atoms with E-state index in [1.54, 1.807) is 0 Å². The first-order chi connectivity index (χ1) is 7.11. The fourth-order valence-corrected chi connectivity index (χ4v) is 2.13. The molecule has 1 aliphatic rings. The van der Waals surface area contributed by atoms with Gasteiger partial charge in [-0.25, -0.2) is 0 Å². The van der Waals surface area contributed by atoms with Crippen molar-refractivity contribution in [2.75, 3.05) is 6.61 Å². The third kappa shape index (κ3) is 4.52. The molecule has 2 heteroatoms. The number of aliphatic hydroxyl groups excluding tert-OH is 1. The predicted octanol–water partition coefficient (Wildman–Crippen LogP) is 2.99. The van der Waals surface area contributed by atoms with Crippen molar-refractivity contribution in [3.63, 3.8) is 0 Å². The van der Waals surface area contributed by atoms with E-state index in [-0.39, 0.29) is 6.10 Å². The monoisotopic (exact) mass is 214 g/mol. The maximum Gasteiger partial charge on any atom is 0.0576 e. The quantitative estimate of drug-likeness (QED) is 0.736. The molecular weight excluding hydrogens is 188 g/mol. The Morgan fingerprint density at radius 1 is 1.33 bits per heavy atom. The molecule has 15 heavy (non-hydrogen) atoms. The smallest absolute Gasteiger partial charge is 0.0576 e. The number of hydrogen-bond acceptors (Lipinski definition) is 2. The Hall–Kier alpha value is -0.0800. The van der Waals surface area contributed by atoms with Gasteiger partial charge >= 0.3 is 0 Å². The van der Waals surface area contributed by atoms with Gasteiger partial charge in [-0.1, -0.05) is 20.8 Å². The number of hydrogen-bond donors (Lipinski definition) is 1. The normalized spacial score (nSPS) is 25.8. The molecule has 2 nitrogen and oxygen atoms in total. The van der Waals surface area contributed by atoms with Gasteiger partial charge in [0.2, 0.25) is 0 Å². The summed E-state index contributed by atoms with van der Waals surface area (Å²) in [5.74, 6) is 0.984. The van der Waals surface area contributed by atoms with Crippen LogP contribution >= 0.6 is 0 Å². The molecule has 1 fully saturated rings. The molecule has 0 bridgehead atoms. The zero-order valence-corrected chi connectivity index (χ0v) is 10.4. The lowest BCUT2D eigenvalue weighted by Crippen LogP contribution is -2.22. The Morgan fingerprint density at radius 3 is 2.60 bits per heavy atom. The van der Waals surface area contributed by atoms with Gasteiger partial charge in [-0.05, 0) is 43.9 Å². The average molecular weight is 214 g/mol. The Labute approximate surface area is 94.0 Å². The lowest BCUT2D eigenvalue weighted by atomic mass is 9.89. The summed E-state index contributed by atoms with van der Waals surface area (Å²) in [6.07, 6.45) is 5.94. The molecule has 3 atom stereocenters. The molecule has 0 spiro atoms. The highest BCUT2D eigenvalue weighted by atomic mass is 16.5. The Bertz CT molecular complexity index is 162. The molecule has 0 aromatic carbocycles. The zero-order valence-electron chi connectivity index (χ0n) is 10.4. The first-order valence-electron chi connectivity index (χ1n) is 6.41. The predicted molar refractivity (Wildman–Crippen MR) is 62.8 cm³/mol. The van der Waals surface area contributed by atoms with Crippen LogP contribution in [0.5, 0.6) is 0 Å². The Morgan fingerprint density at radius 2 is 2.07 bits per heavy atom. The fraction of sp³-hybridized carbons (Fsp3) is 1.00. The summed E-state index contributed by atoms with van der Waals surface area (Å²) in [4.78, 5) is 0. The van der Waals surface area contributed by atoms with Crippen LogP contribution in [0.2, 0.25) is 0 Å². The van der Waals surface area contributed by atoms with E-state index < -0.39 is 0 Å². The molecule has 1 aliphatic heterocycles. The lowest BCUT2D eigenvalue weighted by Gasteiger charge is -2.22. The number of aliphatic hydroxyl groups is 1. The minimum Gasteiger partial charge on any atom is -0.393 e. The average Bonchev–Trinajstić information content (AvgIpc) is 2.69. The van der Waals surface area contributed by atoms with E-state index >= 15 is 0 Å². The second kappa shape index (κ2) is 6.49. The lowest BCUT2D eigenvalue weighted by molar-refractivity contribution is 0.0681. The highest BCUT2D eigenvalue weighted by Gasteiger charge is 2.19. The Kier molecular flexibility index (Phi) is 5.62. The molecule has 0 amide bonds. The highest BCUT2D eigenvalue weighted by molar-refractivity contribution is 4.70. The van der Waals surface area contributed by atoms with Crippen LogP contribution in [0.3, 0.4) is 0 Å². The van der Waals surface area contributed by atoms with Crippen molar-refractivity contribution in [2.45, 2.75) is 65.1 Å². The number of ether oxygens (including phenoxy) is 1. The molecule has 3 unspecified atom stereocenters. The fourth-order valence-electron chi connectivity index (χ4n) is 2.13. The molecule has 0 aromatic rings. The summed E-state index contributed by atoms with van der Waals surface area (Å²) in [5.41, 5.74) is 0. The third-order valence-electron chi connectivity index (χ3n) is 3.71. The van der Waals surface area contributed by atoms with Crippen molar-refractivity contribution in [2.24, 2.45) is 11.8 Å². The summed E-state index contributed by atoms with van der Waals surface area (Å²) >= 11 is 0. The van der Waals surface area contributed by atoms with Gasteiger partial charge < -0.3 is 9.84 Å². The SMILES string of the molecule is CC(C)C(C)C(O)CCCC1CCCO1. The first kappa shape index (κ1) is 13.0. The molecule has 90 valence electrons. The van der Waals surface area contributed by atoms with Gasteiger partial charge in [0.15, 0.2) is 0 Å².